The van der Waals surface area contributed by atoms with Gasteiger partial charge in [0.25, 0.3) is 0 Å². The maximum absolute atomic E-state index is 13.5. The van der Waals surface area contributed by atoms with Crippen molar-refractivity contribution in [3.05, 3.63) is 29.8 Å². The molecule has 1 aromatic rings. The predicted molar refractivity (Wildman–Crippen MR) is 122 cm³/mol. The number of anilines is 1. The minimum Gasteiger partial charge on any atom is -0.371 e. The van der Waals surface area contributed by atoms with Crippen LogP contribution < -0.4 is 10.2 Å². The Balaban J connectivity index is 0.00000261. The number of nitrogens with zero attached hydrogens (tertiary/aromatic N) is 3. The Morgan fingerprint density at radius 3 is 2.74 bits per heavy atom. The lowest BCUT2D eigenvalue weighted by molar-refractivity contribution is 0.372. The molecule has 1 N–H and O–H groups in total. The van der Waals surface area contributed by atoms with Gasteiger partial charge in [-0.3, -0.25) is 4.99 Å². The molecule has 27 heavy (non-hydrogen) atoms. The van der Waals surface area contributed by atoms with Gasteiger partial charge in [0.05, 0.1) is 0 Å². The van der Waals surface area contributed by atoms with E-state index >= 15 is 0 Å². The highest BCUT2D eigenvalue weighted by Crippen LogP contribution is 2.29. The van der Waals surface area contributed by atoms with E-state index in [2.05, 4.69) is 34.0 Å². The molecule has 152 valence electrons. The molecule has 2 aliphatic heterocycles. The van der Waals surface area contributed by atoms with Crippen LogP contribution in [0, 0.1) is 17.6 Å². The number of rotatable bonds is 3. The molecule has 0 aliphatic carbocycles. The largest absolute Gasteiger partial charge is 0.371 e. The van der Waals surface area contributed by atoms with Gasteiger partial charge in [0.15, 0.2) is 17.6 Å². The molecule has 4 nitrogen and oxygen atoms in total. The molecule has 0 spiro atoms. The summed E-state index contributed by atoms with van der Waals surface area (Å²) in [6.45, 7) is 9.10. The summed E-state index contributed by atoms with van der Waals surface area (Å²) in [4.78, 5) is 8.91. The molecule has 2 heterocycles. The molecular formula is C19H29F2IN4S. The summed E-state index contributed by atoms with van der Waals surface area (Å²) >= 11 is 2.01. The van der Waals surface area contributed by atoms with Crippen molar-refractivity contribution in [3.8, 4) is 0 Å². The van der Waals surface area contributed by atoms with Crippen molar-refractivity contribution >= 4 is 47.4 Å². The Kier molecular flexibility index (Phi) is 8.03. The molecule has 0 radical (unpaired) electrons. The predicted octanol–water partition coefficient (Wildman–Crippen LogP) is 3.81. The molecule has 0 aromatic heterocycles. The van der Waals surface area contributed by atoms with Crippen LogP contribution in [-0.4, -0.2) is 61.1 Å². The summed E-state index contributed by atoms with van der Waals surface area (Å²) in [7, 11) is 1.83. The van der Waals surface area contributed by atoms with Gasteiger partial charge < -0.3 is 15.1 Å². The minimum atomic E-state index is -0.794. The van der Waals surface area contributed by atoms with Crippen LogP contribution in [0.4, 0.5) is 14.5 Å². The van der Waals surface area contributed by atoms with Gasteiger partial charge in [0.2, 0.25) is 0 Å². The zero-order valence-electron chi connectivity index (χ0n) is 16.2. The molecule has 2 saturated heterocycles. The van der Waals surface area contributed by atoms with Crippen LogP contribution in [-0.2, 0) is 0 Å². The zero-order chi connectivity index (χ0) is 18.7. The maximum atomic E-state index is 13.5. The summed E-state index contributed by atoms with van der Waals surface area (Å²) in [5.74, 6) is 0.963. The van der Waals surface area contributed by atoms with Gasteiger partial charge in [0.1, 0.15) is 0 Å². The van der Waals surface area contributed by atoms with E-state index in [0.29, 0.717) is 5.92 Å². The third kappa shape index (κ3) is 5.85. The molecule has 8 heteroatoms. The summed E-state index contributed by atoms with van der Waals surface area (Å²) < 4.78 is 26.8. The van der Waals surface area contributed by atoms with Crippen molar-refractivity contribution in [3.63, 3.8) is 0 Å². The van der Waals surface area contributed by atoms with Crippen molar-refractivity contribution in [2.24, 2.45) is 10.9 Å². The molecule has 2 aliphatic rings. The lowest BCUT2D eigenvalue weighted by Gasteiger charge is -2.39. The SMILES string of the molecule is CN=C(NCC1CCN(c2ccc(F)c(F)c2)C1)N1CCSC(C)(C)C1.I. The number of nitrogens with one attached hydrogen (secondary N) is 1. The summed E-state index contributed by atoms with van der Waals surface area (Å²) in [5, 5.41) is 3.52. The second kappa shape index (κ2) is 9.62. The van der Waals surface area contributed by atoms with E-state index in [0.717, 1.165) is 56.5 Å². The van der Waals surface area contributed by atoms with Gasteiger partial charge in [0, 0.05) is 62.0 Å². The number of thioether (sulfide) groups is 1. The lowest BCUT2D eigenvalue weighted by Crippen LogP contribution is -2.51. The first-order valence-electron chi connectivity index (χ1n) is 9.17. The number of hydrogen-bond donors (Lipinski definition) is 1. The van der Waals surface area contributed by atoms with Crippen LogP contribution in [0.2, 0.25) is 0 Å². The molecule has 1 atom stereocenters. The van der Waals surface area contributed by atoms with E-state index < -0.39 is 11.6 Å². The van der Waals surface area contributed by atoms with Gasteiger partial charge in [-0.05, 0) is 38.3 Å². The lowest BCUT2D eigenvalue weighted by atomic mass is 10.1. The van der Waals surface area contributed by atoms with E-state index in [1.807, 2.05) is 18.8 Å². The molecule has 0 bridgehead atoms. The Morgan fingerprint density at radius 1 is 1.30 bits per heavy atom. The van der Waals surface area contributed by atoms with Crippen molar-refractivity contribution in [1.82, 2.24) is 10.2 Å². The monoisotopic (exact) mass is 510 g/mol. The Morgan fingerprint density at radius 2 is 2.07 bits per heavy atom. The van der Waals surface area contributed by atoms with Crippen LogP contribution in [0.3, 0.4) is 0 Å². The van der Waals surface area contributed by atoms with Crippen LogP contribution in [0.5, 0.6) is 0 Å². The quantitative estimate of drug-likeness (QED) is 0.381. The normalized spacial score (nSPS) is 22.6. The van der Waals surface area contributed by atoms with Crippen LogP contribution >= 0.6 is 35.7 Å². The maximum Gasteiger partial charge on any atom is 0.193 e. The number of aliphatic imine (C=N–C) groups is 1. The molecule has 1 aromatic carbocycles. The number of halogens is 3. The molecule has 3 rings (SSSR count). The van der Waals surface area contributed by atoms with Crippen LogP contribution in [0.15, 0.2) is 23.2 Å². The van der Waals surface area contributed by atoms with Crippen LogP contribution in [0.25, 0.3) is 0 Å². The van der Waals surface area contributed by atoms with Gasteiger partial charge >= 0.3 is 0 Å². The number of hydrogen-bond acceptors (Lipinski definition) is 3. The van der Waals surface area contributed by atoms with E-state index in [1.165, 1.54) is 12.1 Å². The average Bonchev–Trinajstić information content (AvgIpc) is 3.06. The summed E-state index contributed by atoms with van der Waals surface area (Å²) in [6, 6.07) is 4.15. The molecule has 0 amide bonds. The standard InChI is InChI=1S/C19H28F2N4S.HI/c1-19(2)13-25(8-9-26-19)18(22-3)23-11-14-6-7-24(12-14)15-4-5-16(20)17(21)10-15;/h4-5,10,14H,6-9,11-13H2,1-3H3,(H,22,23);1H. The first-order chi connectivity index (χ1) is 12.4. The van der Waals surface area contributed by atoms with Crippen molar-refractivity contribution in [2.45, 2.75) is 25.0 Å². The minimum absolute atomic E-state index is 0. The summed E-state index contributed by atoms with van der Waals surface area (Å²) in [5.41, 5.74) is 0.755. The third-order valence-electron chi connectivity index (χ3n) is 5.04. The van der Waals surface area contributed by atoms with E-state index in [1.54, 1.807) is 6.07 Å². The molecular weight excluding hydrogens is 481 g/mol. The van der Waals surface area contributed by atoms with Gasteiger partial charge in [-0.25, -0.2) is 8.78 Å². The second-order valence-electron chi connectivity index (χ2n) is 7.66. The van der Waals surface area contributed by atoms with E-state index in [4.69, 9.17) is 0 Å². The molecule has 0 saturated carbocycles. The highest BCUT2D eigenvalue weighted by molar-refractivity contribution is 14.0. The fourth-order valence-electron chi connectivity index (χ4n) is 3.68. The Labute approximate surface area is 182 Å². The first kappa shape index (κ1) is 22.5. The fraction of sp³-hybridized carbons (Fsp3) is 0.632. The molecule has 2 fully saturated rings. The zero-order valence-corrected chi connectivity index (χ0v) is 19.3. The van der Waals surface area contributed by atoms with Gasteiger partial charge in [-0.1, -0.05) is 0 Å². The Hall–Kier alpha value is -0.770. The van der Waals surface area contributed by atoms with E-state index in [9.17, 15) is 8.78 Å². The Bertz CT molecular complexity index is 671. The van der Waals surface area contributed by atoms with Gasteiger partial charge in [-0.2, -0.15) is 11.8 Å². The van der Waals surface area contributed by atoms with Crippen molar-refractivity contribution < 1.29 is 8.78 Å². The first-order valence-corrected chi connectivity index (χ1v) is 10.2. The smallest absolute Gasteiger partial charge is 0.193 e. The topological polar surface area (TPSA) is 30.9 Å². The van der Waals surface area contributed by atoms with E-state index in [-0.39, 0.29) is 28.7 Å². The van der Waals surface area contributed by atoms with Crippen molar-refractivity contribution in [1.29, 1.82) is 0 Å². The van der Waals surface area contributed by atoms with Gasteiger partial charge in [-0.15, -0.1) is 24.0 Å². The van der Waals surface area contributed by atoms with Crippen molar-refractivity contribution in [2.75, 3.05) is 50.4 Å². The number of guanidine groups is 1. The third-order valence-corrected chi connectivity index (χ3v) is 6.34. The van der Waals surface area contributed by atoms with Crippen LogP contribution in [0.1, 0.15) is 20.3 Å². The highest BCUT2D eigenvalue weighted by atomic mass is 127. The summed E-state index contributed by atoms with van der Waals surface area (Å²) in [6.07, 6.45) is 1.03. The second-order valence-corrected chi connectivity index (χ2v) is 9.46. The highest BCUT2D eigenvalue weighted by Gasteiger charge is 2.29. The number of benzene rings is 1. The fourth-order valence-corrected chi connectivity index (χ4v) is 4.79. The molecule has 1 unspecified atom stereocenters. The average molecular weight is 510 g/mol.